The van der Waals surface area contributed by atoms with Crippen LogP contribution in [0.15, 0.2) is 79.3 Å². The smallest absolute Gasteiger partial charge is 0.249 e. The molecule has 0 spiro atoms. The highest BCUT2D eigenvalue weighted by molar-refractivity contribution is 6.33. The lowest BCUT2D eigenvalue weighted by molar-refractivity contribution is -0.129. The molecule has 224 valence electrons. The van der Waals surface area contributed by atoms with Crippen LogP contribution in [0.5, 0.6) is 0 Å². The lowest BCUT2D eigenvalue weighted by Crippen LogP contribution is -2.51. The number of anilines is 1. The summed E-state index contributed by atoms with van der Waals surface area (Å²) >= 11 is 6.24. The van der Waals surface area contributed by atoms with Crippen LogP contribution < -0.4 is 10.6 Å². The molecule has 2 amide bonds. The normalized spacial score (nSPS) is 12.5. The zero-order chi connectivity index (χ0) is 31.5. The van der Waals surface area contributed by atoms with Crippen LogP contribution in [0.2, 0.25) is 5.02 Å². The molecule has 5 rings (SSSR count). The monoisotopic (exact) mass is 613 g/mol. The first kappa shape index (κ1) is 30.5. The first-order valence-corrected chi connectivity index (χ1v) is 14.2. The van der Waals surface area contributed by atoms with E-state index < -0.39 is 29.8 Å². The third kappa shape index (κ3) is 6.36. The molecule has 0 saturated heterocycles. The highest BCUT2D eigenvalue weighted by Gasteiger charge is 2.27. The predicted molar refractivity (Wildman–Crippen MR) is 167 cm³/mol. The number of nitrogens with zero attached hydrogens (tertiary/aromatic N) is 3. The minimum Gasteiger partial charge on any atom is -0.391 e. The van der Waals surface area contributed by atoms with E-state index in [1.807, 2.05) is 12.1 Å². The minimum atomic E-state index is -1.40. The first-order chi connectivity index (χ1) is 21.0. The van der Waals surface area contributed by atoms with Gasteiger partial charge in [0.15, 0.2) is 11.6 Å². The average molecular weight is 614 g/mol. The number of aromatic nitrogens is 3. The highest BCUT2D eigenvalue weighted by atomic mass is 35.5. The van der Waals surface area contributed by atoms with Gasteiger partial charge in [0.1, 0.15) is 18.4 Å². The van der Waals surface area contributed by atoms with Crippen LogP contribution in [-0.2, 0) is 16.1 Å². The van der Waals surface area contributed by atoms with E-state index in [4.69, 9.17) is 11.6 Å². The molecule has 3 aromatic carbocycles. The third-order valence-corrected chi connectivity index (χ3v) is 7.52. The number of aliphatic hydroxyl groups excluding tert-OH is 1. The molecule has 0 fully saturated rings. The van der Waals surface area contributed by atoms with Crippen LogP contribution in [0.4, 0.5) is 10.1 Å². The van der Waals surface area contributed by atoms with E-state index >= 15 is 4.39 Å². The molecule has 0 aliphatic carbocycles. The fourth-order valence-electron chi connectivity index (χ4n) is 4.94. The Morgan fingerprint density at radius 1 is 1.00 bits per heavy atom. The Morgan fingerprint density at radius 2 is 1.70 bits per heavy atom. The molecule has 0 aliphatic rings. The summed E-state index contributed by atoms with van der Waals surface area (Å²) in [5.41, 5.74) is 3.12. The number of fused-ring (bicyclic) bond motifs is 1. The molecular formula is C33H29ClFN5O4. The van der Waals surface area contributed by atoms with Gasteiger partial charge in [-0.25, -0.2) is 14.4 Å². The summed E-state index contributed by atoms with van der Waals surface area (Å²) in [6, 6.07) is 15.3. The van der Waals surface area contributed by atoms with Crippen molar-refractivity contribution >= 4 is 45.8 Å². The number of aryl methyl sites for hydroxylation is 1. The van der Waals surface area contributed by atoms with Gasteiger partial charge in [-0.2, -0.15) is 0 Å². The minimum absolute atomic E-state index is 0.135. The molecule has 9 nitrogen and oxygen atoms in total. The number of Topliss-reactive ketones (excluding diaryl/α,β-unsaturated/α-hetero) is 1. The van der Waals surface area contributed by atoms with Crippen molar-refractivity contribution in [2.24, 2.45) is 0 Å². The maximum atomic E-state index is 15.4. The first-order valence-electron chi connectivity index (χ1n) is 13.8. The molecule has 44 heavy (non-hydrogen) atoms. The molecule has 0 radical (unpaired) electrons. The number of ketones is 1. The van der Waals surface area contributed by atoms with E-state index in [9.17, 15) is 19.5 Å². The van der Waals surface area contributed by atoms with Gasteiger partial charge >= 0.3 is 0 Å². The fourth-order valence-corrected chi connectivity index (χ4v) is 5.17. The van der Waals surface area contributed by atoms with Crippen molar-refractivity contribution < 1.29 is 23.9 Å². The van der Waals surface area contributed by atoms with E-state index in [0.717, 1.165) is 11.1 Å². The summed E-state index contributed by atoms with van der Waals surface area (Å²) in [6.07, 6.45) is 3.67. The van der Waals surface area contributed by atoms with Crippen molar-refractivity contribution in [2.45, 2.75) is 39.5 Å². The Bertz CT molecular complexity index is 1890. The highest BCUT2D eigenvalue weighted by Crippen LogP contribution is 2.33. The fraction of sp³-hybridized carbons (Fsp3) is 0.182. The Balaban J connectivity index is 1.36. The summed E-state index contributed by atoms with van der Waals surface area (Å²) in [6.45, 7) is 4.32. The number of amides is 2. The summed E-state index contributed by atoms with van der Waals surface area (Å²) in [4.78, 5) is 47.3. The average Bonchev–Trinajstić information content (AvgIpc) is 3.35. The Kier molecular flexibility index (Phi) is 8.84. The molecule has 2 unspecified atom stereocenters. The summed E-state index contributed by atoms with van der Waals surface area (Å²) in [5.74, 6) is -1.67. The number of nitrogens with one attached hydrogen (secondary N) is 2. The predicted octanol–water partition coefficient (Wildman–Crippen LogP) is 5.57. The van der Waals surface area contributed by atoms with Crippen LogP contribution in [0.25, 0.3) is 33.2 Å². The van der Waals surface area contributed by atoms with Crippen LogP contribution in [-0.4, -0.2) is 49.4 Å². The van der Waals surface area contributed by atoms with E-state index in [0.29, 0.717) is 32.9 Å². The van der Waals surface area contributed by atoms with Crippen molar-refractivity contribution in [3.8, 4) is 22.3 Å². The van der Waals surface area contributed by atoms with Gasteiger partial charge in [-0.1, -0.05) is 48.0 Å². The molecule has 11 heteroatoms. The van der Waals surface area contributed by atoms with Crippen LogP contribution in [0.3, 0.4) is 0 Å². The van der Waals surface area contributed by atoms with E-state index in [1.54, 1.807) is 66.5 Å². The Labute approximate surface area is 257 Å². The lowest BCUT2D eigenvalue weighted by atomic mass is 10.0. The van der Waals surface area contributed by atoms with E-state index in [-0.39, 0.29) is 23.6 Å². The van der Waals surface area contributed by atoms with Gasteiger partial charge in [0.2, 0.25) is 11.8 Å². The van der Waals surface area contributed by atoms with Gasteiger partial charge in [0.25, 0.3) is 0 Å². The molecule has 2 heterocycles. The summed E-state index contributed by atoms with van der Waals surface area (Å²) in [7, 11) is 0. The number of carbonyl (C=O) groups excluding carboxylic acids is 3. The number of benzene rings is 3. The number of halogens is 2. The molecule has 2 atom stereocenters. The number of rotatable bonds is 9. The van der Waals surface area contributed by atoms with Gasteiger partial charge in [0, 0.05) is 56.8 Å². The molecule has 3 N–H and O–H groups in total. The molecule has 2 aromatic heterocycles. The molecule has 0 saturated carbocycles. The number of aliphatic hydroxyl groups is 1. The number of hydrogen-bond donors (Lipinski definition) is 3. The van der Waals surface area contributed by atoms with Crippen molar-refractivity contribution in [1.29, 1.82) is 0 Å². The molecule has 0 aliphatic heterocycles. The lowest BCUT2D eigenvalue weighted by Gasteiger charge is -2.21. The SMILES string of the molecule is CC(=O)c1cn(CC(=O)NC(C(=O)Nc2cccc(-c3ccccc3Cl)c2F)C(C)O)c2ccc(-c3cnc(C)nc3)cc12. The largest absolute Gasteiger partial charge is 0.391 e. The maximum Gasteiger partial charge on any atom is 0.249 e. The second-order valence-electron chi connectivity index (χ2n) is 10.4. The Hall–Kier alpha value is -4.93. The second-order valence-corrected chi connectivity index (χ2v) is 10.8. The molecular weight excluding hydrogens is 585 g/mol. The zero-order valence-electron chi connectivity index (χ0n) is 24.1. The van der Waals surface area contributed by atoms with Gasteiger partial charge in [-0.15, -0.1) is 0 Å². The van der Waals surface area contributed by atoms with E-state index in [2.05, 4.69) is 20.6 Å². The van der Waals surface area contributed by atoms with Gasteiger partial charge in [-0.05, 0) is 50.6 Å². The number of carbonyl (C=O) groups is 3. The maximum absolute atomic E-state index is 15.4. The van der Waals surface area contributed by atoms with Crippen LogP contribution >= 0.6 is 11.6 Å². The van der Waals surface area contributed by atoms with E-state index in [1.165, 1.54) is 26.0 Å². The topological polar surface area (TPSA) is 126 Å². The Morgan fingerprint density at radius 3 is 2.39 bits per heavy atom. The van der Waals surface area contributed by atoms with Crippen molar-refractivity contribution in [2.75, 3.05) is 5.32 Å². The van der Waals surface area contributed by atoms with Crippen LogP contribution in [0, 0.1) is 12.7 Å². The van der Waals surface area contributed by atoms with Crippen molar-refractivity contribution in [3.05, 3.63) is 101 Å². The van der Waals surface area contributed by atoms with Gasteiger partial charge < -0.3 is 20.3 Å². The third-order valence-electron chi connectivity index (χ3n) is 7.19. The number of hydrogen-bond acceptors (Lipinski definition) is 6. The second kappa shape index (κ2) is 12.7. The zero-order valence-corrected chi connectivity index (χ0v) is 24.9. The van der Waals surface area contributed by atoms with Gasteiger partial charge in [0.05, 0.1) is 11.8 Å². The van der Waals surface area contributed by atoms with Crippen molar-refractivity contribution in [1.82, 2.24) is 19.9 Å². The summed E-state index contributed by atoms with van der Waals surface area (Å²) in [5, 5.41) is 16.4. The quantitative estimate of drug-likeness (QED) is 0.187. The molecule has 5 aromatic rings. The van der Waals surface area contributed by atoms with Gasteiger partial charge in [-0.3, -0.25) is 14.4 Å². The molecule has 0 bridgehead atoms. The van der Waals surface area contributed by atoms with Crippen LogP contribution in [0.1, 0.15) is 30.0 Å². The van der Waals surface area contributed by atoms with Crippen molar-refractivity contribution in [3.63, 3.8) is 0 Å². The standard InChI is InChI=1S/C33H29ClFN5O4/c1-18(41)26-16-40(29-12-11-21(13-25(26)29)22-14-36-20(3)37-15-22)17-30(43)39-32(19(2)42)33(44)38-28-10-6-8-24(31(28)35)23-7-4-5-9-27(23)34/h4-16,19,32,42H,17H2,1-3H3,(H,38,44)(H,39,43). The summed E-state index contributed by atoms with van der Waals surface area (Å²) < 4.78 is 17.0.